The first-order valence-corrected chi connectivity index (χ1v) is 12.3. The smallest absolute Gasteiger partial charge is 0.292 e. The summed E-state index contributed by atoms with van der Waals surface area (Å²) in [5, 5.41) is 14.5. The average Bonchev–Trinajstić information content (AvgIpc) is 2.81. The molecule has 2 amide bonds. The molecule has 3 rings (SSSR count). The number of benzene rings is 1. The standard InChI is InChI=1S/C25H39N5O4/c1-25(2,18-27(3)4)17-26-23(31)19-9-15-29(16-10-19)24(32)20-11-13-28(14-12-20)21-7-5-6-8-22(21)30(33)34/h5-8,19-20H,9-18H2,1-4H3,(H,26,31). The molecule has 188 valence electrons. The number of anilines is 1. The predicted molar refractivity (Wildman–Crippen MR) is 133 cm³/mol. The van der Waals surface area contributed by atoms with Gasteiger partial charge in [-0.2, -0.15) is 0 Å². The van der Waals surface area contributed by atoms with Crippen LogP contribution in [0.2, 0.25) is 0 Å². The van der Waals surface area contributed by atoms with Gasteiger partial charge in [0.15, 0.2) is 0 Å². The number of likely N-dealkylation sites (tertiary alicyclic amines) is 1. The maximum atomic E-state index is 13.1. The van der Waals surface area contributed by atoms with Gasteiger partial charge in [-0.05, 0) is 51.3 Å². The highest BCUT2D eigenvalue weighted by molar-refractivity contribution is 5.81. The fourth-order valence-electron chi connectivity index (χ4n) is 5.26. The van der Waals surface area contributed by atoms with Crippen LogP contribution in [0.5, 0.6) is 0 Å². The Bertz CT molecular complexity index is 872. The van der Waals surface area contributed by atoms with Crippen LogP contribution in [0.3, 0.4) is 0 Å². The molecule has 34 heavy (non-hydrogen) atoms. The van der Waals surface area contributed by atoms with E-state index in [1.165, 1.54) is 6.07 Å². The van der Waals surface area contributed by atoms with E-state index in [1.54, 1.807) is 12.1 Å². The molecule has 2 heterocycles. The van der Waals surface area contributed by atoms with Crippen LogP contribution >= 0.6 is 0 Å². The molecule has 2 aliphatic rings. The molecule has 9 heteroatoms. The Morgan fingerprint density at radius 1 is 1.06 bits per heavy atom. The van der Waals surface area contributed by atoms with Crippen LogP contribution in [0.4, 0.5) is 11.4 Å². The van der Waals surface area contributed by atoms with E-state index in [0.29, 0.717) is 64.1 Å². The number of piperidine rings is 2. The van der Waals surface area contributed by atoms with E-state index in [4.69, 9.17) is 0 Å². The molecular formula is C25H39N5O4. The topological polar surface area (TPSA) is 99.0 Å². The van der Waals surface area contributed by atoms with Crippen molar-refractivity contribution in [2.75, 3.05) is 58.3 Å². The first-order valence-electron chi connectivity index (χ1n) is 12.3. The second-order valence-corrected chi connectivity index (χ2v) is 10.7. The van der Waals surface area contributed by atoms with Crippen LogP contribution in [0.1, 0.15) is 39.5 Å². The lowest BCUT2D eigenvalue weighted by Gasteiger charge is -2.37. The number of carbonyl (C=O) groups excluding carboxylic acids is 2. The molecule has 2 saturated heterocycles. The van der Waals surface area contributed by atoms with Gasteiger partial charge in [-0.1, -0.05) is 26.0 Å². The molecule has 9 nitrogen and oxygen atoms in total. The van der Waals surface area contributed by atoms with Crippen molar-refractivity contribution in [2.24, 2.45) is 17.3 Å². The Hall–Kier alpha value is -2.68. The van der Waals surface area contributed by atoms with Gasteiger partial charge >= 0.3 is 0 Å². The maximum absolute atomic E-state index is 13.1. The lowest BCUT2D eigenvalue weighted by atomic mass is 9.90. The number of nitrogens with one attached hydrogen (secondary N) is 1. The molecule has 0 aromatic heterocycles. The van der Waals surface area contributed by atoms with Crippen LogP contribution < -0.4 is 10.2 Å². The Balaban J connectivity index is 1.45. The summed E-state index contributed by atoms with van der Waals surface area (Å²) < 4.78 is 0. The van der Waals surface area contributed by atoms with Gasteiger partial charge in [0.25, 0.3) is 5.69 Å². The average molecular weight is 474 g/mol. The third-order valence-electron chi connectivity index (χ3n) is 6.93. The van der Waals surface area contributed by atoms with E-state index in [0.717, 1.165) is 6.54 Å². The summed E-state index contributed by atoms with van der Waals surface area (Å²) >= 11 is 0. The SMILES string of the molecule is CN(C)CC(C)(C)CNC(=O)C1CCN(C(=O)C2CCN(c3ccccc3[N+](=O)[O-])CC2)CC1. The van der Waals surface area contributed by atoms with Crippen molar-refractivity contribution in [3.63, 3.8) is 0 Å². The number of nitro groups is 1. The fourth-order valence-corrected chi connectivity index (χ4v) is 5.26. The van der Waals surface area contributed by atoms with Gasteiger partial charge in [0, 0.05) is 57.2 Å². The first kappa shape index (κ1) is 25.9. The normalized spacial score (nSPS) is 18.3. The zero-order valence-corrected chi connectivity index (χ0v) is 21.0. The van der Waals surface area contributed by atoms with Crippen molar-refractivity contribution in [1.82, 2.24) is 15.1 Å². The van der Waals surface area contributed by atoms with Crippen LogP contribution in [-0.4, -0.2) is 79.9 Å². The third-order valence-corrected chi connectivity index (χ3v) is 6.93. The molecule has 0 saturated carbocycles. The molecule has 0 aliphatic carbocycles. The number of hydrogen-bond acceptors (Lipinski definition) is 6. The minimum Gasteiger partial charge on any atom is -0.366 e. The summed E-state index contributed by atoms with van der Waals surface area (Å²) in [4.78, 5) is 42.8. The van der Waals surface area contributed by atoms with Crippen LogP contribution in [0.15, 0.2) is 24.3 Å². The maximum Gasteiger partial charge on any atom is 0.292 e. The van der Waals surface area contributed by atoms with Crippen molar-refractivity contribution in [2.45, 2.75) is 39.5 Å². The molecule has 0 spiro atoms. The molecule has 1 aromatic carbocycles. The number of carbonyl (C=O) groups is 2. The summed E-state index contributed by atoms with van der Waals surface area (Å²) in [5.41, 5.74) is 0.738. The Labute approximate surface area is 202 Å². The van der Waals surface area contributed by atoms with Gasteiger partial charge in [0.05, 0.1) is 4.92 Å². The fraction of sp³-hybridized carbons (Fsp3) is 0.680. The van der Waals surface area contributed by atoms with Gasteiger partial charge < -0.3 is 20.0 Å². The van der Waals surface area contributed by atoms with E-state index in [9.17, 15) is 19.7 Å². The number of amides is 2. The lowest BCUT2D eigenvalue weighted by Crippen LogP contribution is -2.48. The zero-order valence-electron chi connectivity index (χ0n) is 21.0. The number of para-hydroxylation sites is 2. The first-order chi connectivity index (χ1) is 16.1. The summed E-state index contributed by atoms with van der Waals surface area (Å²) in [6.07, 6.45) is 2.76. The summed E-state index contributed by atoms with van der Waals surface area (Å²) in [6, 6.07) is 6.78. The highest BCUT2D eigenvalue weighted by atomic mass is 16.6. The molecule has 1 aromatic rings. The van der Waals surface area contributed by atoms with E-state index >= 15 is 0 Å². The van der Waals surface area contributed by atoms with Crippen molar-refractivity contribution < 1.29 is 14.5 Å². The quantitative estimate of drug-likeness (QED) is 0.460. The van der Waals surface area contributed by atoms with Crippen LogP contribution in [0, 0.1) is 27.4 Å². The summed E-state index contributed by atoms with van der Waals surface area (Å²) in [7, 11) is 4.07. The molecule has 2 fully saturated rings. The molecule has 0 atom stereocenters. The van der Waals surface area contributed by atoms with Crippen LogP contribution in [-0.2, 0) is 9.59 Å². The van der Waals surface area contributed by atoms with Crippen LogP contribution in [0.25, 0.3) is 0 Å². The van der Waals surface area contributed by atoms with Gasteiger partial charge in [-0.25, -0.2) is 0 Å². The number of hydrogen-bond donors (Lipinski definition) is 1. The number of rotatable bonds is 8. The van der Waals surface area contributed by atoms with Crippen molar-refractivity contribution in [3.8, 4) is 0 Å². The Morgan fingerprint density at radius 3 is 2.24 bits per heavy atom. The summed E-state index contributed by atoms with van der Waals surface area (Å²) in [5.74, 6) is 0.154. The highest BCUT2D eigenvalue weighted by Gasteiger charge is 2.34. The third kappa shape index (κ3) is 6.68. The molecule has 0 radical (unpaired) electrons. The van der Waals surface area contributed by atoms with Gasteiger partial charge in [0.1, 0.15) is 5.69 Å². The zero-order chi connectivity index (χ0) is 24.9. The van der Waals surface area contributed by atoms with E-state index in [-0.39, 0.29) is 39.7 Å². The molecular weight excluding hydrogens is 434 g/mol. The van der Waals surface area contributed by atoms with Crippen molar-refractivity contribution in [3.05, 3.63) is 34.4 Å². The summed E-state index contributed by atoms with van der Waals surface area (Å²) in [6.45, 7) is 8.32. The molecule has 2 aliphatic heterocycles. The van der Waals surface area contributed by atoms with E-state index in [2.05, 4.69) is 24.1 Å². The minimum absolute atomic E-state index is 0.00483. The lowest BCUT2D eigenvalue weighted by molar-refractivity contribution is -0.384. The molecule has 0 bridgehead atoms. The predicted octanol–water partition coefficient (Wildman–Crippen LogP) is 2.75. The monoisotopic (exact) mass is 473 g/mol. The Morgan fingerprint density at radius 2 is 1.65 bits per heavy atom. The van der Waals surface area contributed by atoms with Gasteiger partial charge in [-0.3, -0.25) is 19.7 Å². The van der Waals surface area contributed by atoms with Gasteiger partial charge in [0.2, 0.25) is 11.8 Å². The van der Waals surface area contributed by atoms with Crippen molar-refractivity contribution >= 4 is 23.2 Å². The highest BCUT2D eigenvalue weighted by Crippen LogP contribution is 2.32. The largest absolute Gasteiger partial charge is 0.366 e. The second-order valence-electron chi connectivity index (χ2n) is 10.7. The molecule has 1 N–H and O–H groups in total. The Kier molecular flexibility index (Phi) is 8.52. The number of nitro benzene ring substituents is 1. The van der Waals surface area contributed by atoms with Gasteiger partial charge in [-0.15, -0.1) is 0 Å². The number of nitrogens with zero attached hydrogens (tertiary/aromatic N) is 4. The molecule has 0 unspecified atom stereocenters. The van der Waals surface area contributed by atoms with E-state index < -0.39 is 0 Å². The van der Waals surface area contributed by atoms with Crippen molar-refractivity contribution in [1.29, 1.82) is 0 Å². The second kappa shape index (κ2) is 11.2. The minimum atomic E-state index is -0.351. The van der Waals surface area contributed by atoms with E-state index in [1.807, 2.05) is 30.0 Å².